The number of piperazine rings is 1. The first kappa shape index (κ1) is 14.8. The van der Waals surface area contributed by atoms with E-state index in [0.29, 0.717) is 25.2 Å². The molecule has 6 heteroatoms. The van der Waals surface area contributed by atoms with Crippen molar-refractivity contribution in [2.24, 2.45) is 0 Å². The molecule has 0 bridgehead atoms. The number of rotatable bonds is 2. The first-order valence-electron chi connectivity index (χ1n) is 7.84. The number of nitrogens with zero attached hydrogens (tertiary/aromatic N) is 2. The number of carbonyl (C=O) groups is 2. The number of nitrogens with one attached hydrogen (secondary N) is 2. The number of urea groups is 1. The van der Waals surface area contributed by atoms with Crippen LogP contribution in [0, 0.1) is 0 Å². The zero-order chi connectivity index (χ0) is 15.5. The Balaban J connectivity index is 1.81. The lowest BCUT2D eigenvalue weighted by molar-refractivity contribution is 0.0655. The highest BCUT2D eigenvalue weighted by molar-refractivity contribution is 5.98. The number of benzene rings is 1. The minimum absolute atomic E-state index is 0.0354. The molecule has 2 heterocycles. The number of hydrogen-bond acceptors (Lipinski definition) is 3. The van der Waals surface area contributed by atoms with Gasteiger partial charge in [0.25, 0.3) is 5.91 Å². The van der Waals surface area contributed by atoms with Gasteiger partial charge in [-0.05, 0) is 31.5 Å². The summed E-state index contributed by atoms with van der Waals surface area (Å²) in [6, 6.07) is 7.46. The highest BCUT2D eigenvalue weighted by Crippen LogP contribution is 2.20. The molecule has 118 valence electrons. The zero-order valence-corrected chi connectivity index (χ0v) is 12.8. The van der Waals surface area contributed by atoms with Gasteiger partial charge in [0.1, 0.15) is 0 Å². The van der Waals surface area contributed by atoms with Crippen molar-refractivity contribution in [2.45, 2.75) is 19.4 Å². The van der Waals surface area contributed by atoms with E-state index in [2.05, 4.69) is 10.6 Å². The maximum Gasteiger partial charge on any atom is 0.321 e. The second-order valence-electron chi connectivity index (χ2n) is 5.84. The van der Waals surface area contributed by atoms with Crippen molar-refractivity contribution in [1.82, 2.24) is 15.5 Å². The van der Waals surface area contributed by atoms with Gasteiger partial charge in [0.2, 0.25) is 0 Å². The van der Waals surface area contributed by atoms with Crippen LogP contribution in [-0.2, 0) is 0 Å². The lowest BCUT2D eigenvalue weighted by atomic mass is 10.1. The van der Waals surface area contributed by atoms with Gasteiger partial charge in [-0.3, -0.25) is 9.69 Å². The van der Waals surface area contributed by atoms with Gasteiger partial charge in [0.15, 0.2) is 0 Å². The van der Waals surface area contributed by atoms with Crippen molar-refractivity contribution in [1.29, 1.82) is 0 Å². The van der Waals surface area contributed by atoms with E-state index in [1.165, 1.54) is 0 Å². The molecule has 2 fully saturated rings. The smallest absolute Gasteiger partial charge is 0.321 e. The van der Waals surface area contributed by atoms with Crippen molar-refractivity contribution in [2.75, 3.05) is 37.6 Å². The van der Waals surface area contributed by atoms with E-state index in [0.717, 1.165) is 25.2 Å². The fourth-order valence-corrected chi connectivity index (χ4v) is 2.99. The molecular weight excluding hydrogens is 280 g/mol. The topological polar surface area (TPSA) is 64.7 Å². The molecule has 1 atom stereocenters. The van der Waals surface area contributed by atoms with Gasteiger partial charge in [-0.2, -0.15) is 0 Å². The van der Waals surface area contributed by atoms with Gasteiger partial charge < -0.3 is 15.5 Å². The maximum absolute atomic E-state index is 12.7. The molecule has 6 nitrogen and oxygen atoms in total. The van der Waals surface area contributed by atoms with Crippen LogP contribution in [0.4, 0.5) is 10.5 Å². The monoisotopic (exact) mass is 302 g/mol. The second kappa shape index (κ2) is 6.36. The van der Waals surface area contributed by atoms with Crippen LogP contribution in [0.25, 0.3) is 0 Å². The van der Waals surface area contributed by atoms with Crippen LogP contribution in [-0.4, -0.2) is 55.6 Å². The van der Waals surface area contributed by atoms with Crippen molar-refractivity contribution in [3.63, 3.8) is 0 Å². The predicted octanol–water partition coefficient (Wildman–Crippen LogP) is 1.04. The fraction of sp³-hybridized carbons (Fsp3) is 0.500. The van der Waals surface area contributed by atoms with Crippen molar-refractivity contribution >= 4 is 17.6 Å². The van der Waals surface area contributed by atoms with E-state index in [4.69, 9.17) is 0 Å². The molecule has 2 aliphatic heterocycles. The Hall–Kier alpha value is -2.08. The van der Waals surface area contributed by atoms with E-state index < -0.39 is 0 Å². The number of amides is 3. The van der Waals surface area contributed by atoms with Crippen LogP contribution in [0.5, 0.6) is 0 Å². The van der Waals surface area contributed by atoms with E-state index in [1.807, 2.05) is 36.1 Å². The Labute approximate surface area is 130 Å². The third kappa shape index (κ3) is 2.92. The average Bonchev–Trinajstić information content (AvgIpc) is 2.55. The highest BCUT2D eigenvalue weighted by atomic mass is 16.2. The van der Waals surface area contributed by atoms with Gasteiger partial charge in [-0.1, -0.05) is 6.07 Å². The maximum atomic E-state index is 12.7. The molecule has 3 amide bonds. The van der Waals surface area contributed by atoms with Gasteiger partial charge in [0, 0.05) is 50.0 Å². The normalized spacial score (nSPS) is 22.4. The highest BCUT2D eigenvalue weighted by Gasteiger charge is 2.25. The van der Waals surface area contributed by atoms with Crippen LogP contribution < -0.4 is 15.5 Å². The standard InChI is InChI=1S/C16H22N4O2/c1-12-11-17-7-9-19(12)15(21)13-4-2-5-14(10-13)20-8-3-6-18-16(20)22/h2,4-5,10,12,17H,3,6-9,11H2,1H3,(H,18,22)/t12-/m0/s1. The summed E-state index contributed by atoms with van der Waals surface area (Å²) in [5, 5.41) is 6.12. The summed E-state index contributed by atoms with van der Waals surface area (Å²) in [6.45, 7) is 5.81. The summed E-state index contributed by atoms with van der Waals surface area (Å²) in [4.78, 5) is 28.2. The van der Waals surface area contributed by atoms with Gasteiger partial charge in [-0.15, -0.1) is 0 Å². The fourth-order valence-electron chi connectivity index (χ4n) is 2.99. The third-order valence-electron chi connectivity index (χ3n) is 4.25. The van der Waals surface area contributed by atoms with Crippen molar-refractivity contribution in [3.05, 3.63) is 29.8 Å². The van der Waals surface area contributed by atoms with Crippen LogP contribution in [0.1, 0.15) is 23.7 Å². The Morgan fingerprint density at radius 3 is 2.91 bits per heavy atom. The first-order chi connectivity index (χ1) is 10.7. The van der Waals surface area contributed by atoms with E-state index in [1.54, 1.807) is 4.90 Å². The van der Waals surface area contributed by atoms with Crippen LogP contribution >= 0.6 is 0 Å². The third-order valence-corrected chi connectivity index (χ3v) is 4.25. The Bertz CT molecular complexity index is 575. The van der Waals surface area contributed by atoms with Crippen LogP contribution in [0.2, 0.25) is 0 Å². The number of anilines is 1. The molecule has 1 aromatic carbocycles. The Morgan fingerprint density at radius 2 is 2.14 bits per heavy atom. The summed E-state index contributed by atoms with van der Waals surface area (Å²) in [7, 11) is 0. The summed E-state index contributed by atoms with van der Waals surface area (Å²) < 4.78 is 0. The van der Waals surface area contributed by atoms with Crippen LogP contribution in [0.3, 0.4) is 0 Å². The molecule has 0 unspecified atom stereocenters. The molecule has 2 saturated heterocycles. The lowest BCUT2D eigenvalue weighted by Crippen LogP contribution is -2.52. The van der Waals surface area contributed by atoms with Crippen molar-refractivity contribution in [3.8, 4) is 0 Å². The summed E-state index contributed by atoms with van der Waals surface area (Å²) >= 11 is 0. The Kier molecular flexibility index (Phi) is 4.29. The summed E-state index contributed by atoms with van der Waals surface area (Å²) in [5.41, 5.74) is 1.43. The van der Waals surface area contributed by atoms with Gasteiger partial charge >= 0.3 is 6.03 Å². The zero-order valence-electron chi connectivity index (χ0n) is 12.8. The van der Waals surface area contributed by atoms with Crippen LogP contribution in [0.15, 0.2) is 24.3 Å². The second-order valence-corrected chi connectivity index (χ2v) is 5.84. The van der Waals surface area contributed by atoms with E-state index in [9.17, 15) is 9.59 Å². The molecular formula is C16H22N4O2. The van der Waals surface area contributed by atoms with Gasteiger partial charge in [-0.25, -0.2) is 4.79 Å². The molecule has 0 aromatic heterocycles. The molecule has 3 rings (SSSR count). The largest absolute Gasteiger partial charge is 0.338 e. The summed E-state index contributed by atoms with van der Waals surface area (Å²) in [5.74, 6) is 0.0354. The minimum Gasteiger partial charge on any atom is -0.338 e. The first-order valence-corrected chi connectivity index (χ1v) is 7.84. The van der Waals surface area contributed by atoms with E-state index in [-0.39, 0.29) is 18.0 Å². The average molecular weight is 302 g/mol. The molecule has 2 N–H and O–H groups in total. The molecule has 0 spiro atoms. The quantitative estimate of drug-likeness (QED) is 0.858. The molecule has 2 aliphatic rings. The molecule has 0 aliphatic carbocycles. The summed E-state index contributed by atoms with van der Waals surface area (Å²) in [6.07, 6.45) is 0.915. The lowest BCUT2D eigenvalue weighted by Gasteiger charge is -2.34. The molecule has 0 radical (unpaired) electrons. The molecule has 1 aromatic rings. The number of carbonyl (C=O) groups excluding carboxylic acids is 2. The van der Waals surface area contributed by atoms with Gasteiger partial charge in [0.05, 0.1) is 0 Å². The minimum atomic E-state index is -0.0913. The SMILES string of the molecule is C[C@H]1CNCCN1C(=O)c1cccc(N2CCCNC2=O)c1. The Morgan fingerprint density at radius 1 is 1.27 bits per heavy atom. The number of hydrogen-bond donors (Lipinski definition) is 2. The van der Waals surface area contributed by atoms with Crippen molar-refractivity contribution < 1.29 is 9.59 Å². The molecule has 0 saturated carbocycles. The molecule has 22 heavy (non-hydrogen) atoms. The van der Waals surface area contributed by atoms with E-state index >= 15 is 0 Å². The predicted molar refractivity (Wildman–Crippen MR) is 85.2 cm³/mol.